The van der Waals surface area contributed by atoms with Gasteiger partial charge in [-0.05, 0) is 31.6 Å². The first-order valence-electron chi connectivity index (χ1n) is 10.2. The molecule has 0 fully saturated rings. The first kappa shape index (κ1) is 25.6. The third-order valence-electron chi connectivity index (χ3n) is 4.87. The molecule has 9 nitrogen and oxygen atoms in total. The average Bonchev–Trinajstić information content (AvgIpc) is 2.74. The van der Waals surface area contributed by atoms with Crippen LogP contribution in [0.4, 0.5) is 29.2 Å². The summed E-state index contributed by atoms with van der Waals surface area (Å²) in [5, 5.41) is 6.00. The van der Waals surface area contributed by atoms with Gasteiger partial charge in [-0.25, -0.2) is 9.37 Å². The van der Waals surface area contributed by atoms with Crippen molar-refractivity contribution in [3.05, 3.63) is 33.4 Å². The molecular weight excluding hydrogens is 477 g/mol. The molecule has 184 valence electrons. The van der Waals surface area contributed by atoms with Gasteiger partial charge in [0.15, 0.2) is 11.6 Å². The number of pyridine rings is 2. The van der Waals surface area contributed by atoms with Crippen LogP contribution in [0.5, 0.6) is 6.01 Å². The maximum Gasteiger partial charge on any atom is 0.418 e. The number of nitrogens with one attached hydrogen (secondary N) is 3. The fourth-order valence-electron chi connectivity index (χ4n) is 3.36. The van der Waals surface area contributed by atoms with E-state index in [1.54, 1.807) is 0 Å². The maximum atomic E-state index is 15.6. The molecule has 3 aromatic heterocycles. The summed E-state index contributed by atoms with van der Waals surface area (Å²) >= 11 is 0. The van der Waals surface area contributed by atoms with Crippen molar-refractivity contribution in [1.29, 1.82) is 0 Å². The SMILES string of the molecule is CCCCNP(C)Nc1nc(OC)nc2c(F)c(-c3nc(N)cc(C)c3C(F)(F)F)[nH]c(=O)c12. The number of aromatic amines is 1. The second-order valence-electron chi connectivity index (χ2n) is 7.44. The van der Waals surface area contributed by atoms with Crippen molar-refractivity contribution < 1.29 is 22.3 Å². The van der Waals surface area contributed by atoms with Crippen molar-refractivity contribution in [3.63, 3.8) is 0 Å². The van der Waals surface area contributed by atoms with Gasteiger partial charge >= 0.3 is 12.2 Å². The lowest BCUT2D eigenvalue weighted by molar-refractivity contribution is -0.137. The first-order chi connectivity index (χ1) is 16.0. The zero-order valence-electron chi connectivity index (χ0n) is 18.9. The molecule has 0 amide bonds. The number of nitrogen functional groups attached to an aromatic ring is 1. The third kappa shape index (κ3) is 5.20. The molecule has 14 heteroatoms. The molecule has 3 heterocycles. The molecular formula is C20H24F4N7O2P. The summed E-state index contributed by atoms with van der Waals surface area (Å²) in [6, 6.07) is 0.751. The number of nitrogens with zero attached hydrogens (tertiary/aromatic N) is 3. The number of halogens is 4. The second-order valence-corrected chi connectivity index (χ2v) is 9.10. The molecule has 34 heavy (non-hydrogen) atoms. The Bertz CT molecular complexity index is 1270. The Hall–Kier alpha value is -3.05. The van der Waals surface area contributed by atoms with E-state index in [-0.39, 0.29) is 28.6 Å². The highest BCUT2D eigenvalue weighted by molar-refractivity contribution is 7.56. The Morgan fingerprint density at radius 1 is 1.26 bits per heavy atom. The van der Waals surface area contributed by atoms with E-state index in [9.17, 15) is 18.0 Å². The highest BCUT2D eigenvalue weighted by Gasteiger charge is 2.38. The van der Waals surface area contributed by atoms with E-state index in [1.165, 1.54) is 14.0 Å². The van der Waals surface area contributed by atoms with Crippen molar-refractivity contribution in [1.82, 2.24) is 25.0 Å². The number of aromatic nitrogens is 4. The highest BCUT2D eigenvalue weighted by Crippen LogP contribution is 2.40. The van der Waals surface area contributed by atoms with E-state index >= 15 is 4.39 Å². The summed E-state index contributed by atoms with van der Waals surface area (Å²) in [5.41, 5.74) is 1.11. The minimum absolute atomic E-state index is 0.0149. The van der Waals surface area contributed by atoms with E-state index in [2.05, 4.69) is 30.1 Å². The zero-order chi connectivity index (χ0) is 25.2. The molecule has 0 saturated heterocycles. The number of aryl methyl sites for hydroxylation is 1. The predicted molar refractivity (Wildman–Crippen MR) is 123 cm³/mol. The Balaban J connectivity index is 2.25. The first-order valence-corrected chi connectivity index (χ1v) is 12.0. The molecule has 1 atom stereocenters. The third-order valence-corrected chi connectivity index (χ3v) is 6.12. The summed E-state index contributed by atoms with van der Waals surface area (Å²) in [6.07, 6.45) is -2.98. The number of rotatable bonds is 8. The largest absolute Gasteiger partial charge is 0.467 e. The number of hydrogen-bond donors (Lipinski definition) is 4. The standard InChI is InChI=1S/C20H24F4N7O2P/c1-5-6-7-26-34(4)31-17-11-14(29-19(30-17)33-3)13(21)16(28-18(11)32)15-12(20(22,23)24)9(2)8-10(25)27-15/h8,26H,5-7H2,1-4H3,(H2,25,27)(H,28,32)(H,29,30,31). The Morgan fingerprint density at radius 3 is 2.59 bits per heavy atom. The van der Waals surface area contributed by atoms with Gasteiger partial charge in [-0.1, -0.05) is 13.3 Å². The summed E-state index contributed by atoms with van der Waals surface area (Å²) in [5.74, 6) is -1.50. The maximum absolute atomic E-state index is 15.6. The van der Waals surface area contributed by atoms with Crippen LogP contribution in [-0.4, -0.2) is 40.3 Å². The van der Waals surface area contributed by atoms with Gasteiger partial charge in [-0.2, -0.15) is 23.1 Å². The number of ether oxygens (including phenoxy) is 1. The minimum atomic E-state index is -4.88. The van der Waals surface area contributed by atoms with Crippen molar-refractivity contribution >= 4 is 30.8 Å². The molecule has 0 radical (unpaired) electrons. The highest BCUT2D eigenvalue weighted by atomic mass is 31.1. The summed E-state index contributed by atoms with van der Waals surface area (Å²) in [6.45, 7) is 5.75. The van der Waals surface area contributed by atoms with Gasteiger partial charge in [0, 0.05) is 6.54 Å². The smallest absolute Gasteiger partial charge is 0.418 e. The quantitative estimate of drug-likeness (QED) is 0.205. The van der Waals surface area contributed by atoms with Crippen molar-refractivity contribution in [3.8, 4) is 17.4 Å². The number of fused-ring (bicyclic) bond motifs is 1. The van der Waals surface area contributed by atoms with E-state index in [1.807, 2.05) is 13.6 Å². The number of hydrogen-bond acceptors (Lipinski definition) is 8. The van der Waals surface area contributed by atoms with E-state index < -0.39 is 48.2 Å². The lowest BCUT2D eigenvalue weighted by Crippen LogP contribution is -2.19. The number of alkyl halides is 3. The van der Waals surface area contributed by atoms with Gasteiger partial charge in [0.05, 0.1) is 20.9 Å². The topological polar surface area (TPSA) is 131 Å². The summed E-state index contributed by atoms with van der Waals surface area (Å²) in [7, 11) is 0.185. The fraction of sp³-hybridized carbons (Fsp3) is 0.400. The van der Waals surface area contributed by atoms with Crippen LogP contribution < -0.4 is 26.2 Å². The lowest BCUT2D eigenvalue weighted by atomic mass is 10.0. The Labute approximate surface area is 193 Å². The zero-order valence-corrected chi connectivity index (χ0v) is 19.8. The molecule has 0 aliphatic heterocycles. The van der Waals surface area contributed by atoms with Crippen LogP contribution >= 0.6 is 8.22 Å². The number of nitrogens with two attached hydrogens (primary N) is 1. The normalized spacial score (nSPS) is 12.7. The van der Waals surface area contributed by atoms with E-state index in [0.717, 1.165) is 18.9 Å². The van der Waals surface area contributed by atoms with Gasteiger partial charge in [0.2, 0.25) is 0 Å². The average molecular weight is 501 g/mol. The van der Waals surface area contributed by atoms with Crippen LogP contribution in [0.1, 0.15) is 30.9 Å². The monoisotopic (exact) mass is 501 g/mol. The summed E-state index contributed by atoms with van der Waals surface area (Å²) < 4.78 is 62.0. The molecule has 0 spiro atoms. The number of methoxy groups -OCH3 is 1. The van der Waals surface area contributed by atoms with Crippen LogP contribution in [0.25, 0.3) is 22.3 Å². The van der Waals surface area contributed by atoms with Crippen molar-refractivity contribution in [2.24, 2.45) is 0 Å². The second kappa shape index (κ2) is 10.1. The number of H-pyrrole nitrogens is 1. The van der Waals surface area contributed by atoms with Crippen LogP contribution in [0.3, 0.4) is 0 Å². The van der Waals surface area contributed by atoms with Crippen LogP contribution in [0.2, 0.25) is 0 Å². The van der Waals surface area contributed by atoms with Gasteiger partial charge in [-0.3, -0.25) is 9.88 Å². The molecule has 1 unspecified atom stereocenters. The van der Waals surface area contributed by atoms with Gasteiger partial charge in [0.1, 0.15) is 28.1 Å². The van der Waals surface area contributed by atoms with Crippen LogP contribution in [0.15, 0.2) is 10.9 Å². The van der Waals surface area contributed by atoms with Crippen molar-refractivity contribution in [2.45, 2.75) is 32.9 Å². The molecule has 0 saturated carbocycles. The van der Waals surface area contributed by atoms with Crippen LogP contribution in [0, 0.1) is 12.7 Å². The van der Waals surface area contributed by atoms with Gasteiger partial charge in [-0.15, -0.1) is 0 Å². The molecule has 3 rings (SSSR count). The van der Waals surface area contributed by atoms with Gasteiger partial charge < -0.3 is 20.5 Å². The van der Waals surface area contributed by atoms with Gasteiger partial charge in [0.25, 0.3) is 5.56 Å². The number of unbranched alkanes of at least 4 members (excludes halogenated alkanes) is 1. The Morgan fingerprint density at radius 2 is 1.97 bits per heavy atom. The molecule has 0 aromatic carbocycles. The molecule has 0 aliphatic rings. The van der Waals surface area contributed by atoms with Crippen molar-refractivity contribution in [2.75, 3.05) is 31.1 Å². The molecule has 0 bridgehead atoms. The predicted octanol–water partition coefficient (Wildman–Crippen LogP) is 4.18. The fourth-order valence-corrected chi connectivity index (χ4v) is 4.41. The van der Waals surface area contributed by atoms with E-state index in [0.29, 0.717) is 6.54 Å². The Kier molecular flexibility index (Phi) is 7.57. The molecule has 3 aromatic rings. The minimum Gasteiger partial charge on any atom is -0.467 e. The lowest BCUT2D eigenvalue weighted by Gasteiger charge is -2.18. The number of anilines is 2. The van der Waals surface area contributed by atoms with E-state index in [4.69, 9.17) is 10.5 Å². The van der Waals surface area contributed by atoms with Crippen LogP contribution in [-0.2, 0) is 6.18 Å². The molecule has 5 N–H and O–H groups in total. The molecule has 0 aliphatic carbocycles. The summed E-state index contributed by atoms with van der Waals surface area (Å²) in [4.78, 5) is 26.9.